The van der Waals surface area contributed by atoms with Crippen LogP contribution in [0.4, 0.5) is 25.8 Å². The normalized spacial score (nSPS) is 18.5. The highest BCUT2D eigenvalue weighted by Crippen LogP contribution is 2.82. The molecule has 0 aliphatic carbocycles. The molecule has 0 amide bonds. The highest BCUT2D eigenvalue weighted by atomic mass is 33.2. The van der Waals surface area contributed by atoms with Gasteiger partial charge in [0.2, 0.25) is 0 Å². The smallest absolute Gasteiger partial charge is 0.196 e. The van der Waals surface area contributed by atoms with Crippen LogP contribution in [0.2, 0.25) is 0 Å². The minimum absolute atomic E-state index is 1.07. The molecule has 0 aromatic heterocycles. The van der Waals surface area contributed by atoms with Crippen molar-refractivity contribution in [3.8, 4) is 0 Å². The van der Waals surface area contributed by atoms with E-state index in [1.807, 2.05) is 0 Å². The fraction of sp³-hybridized carbons (Fsp3) is 1.00. The van der Waals surface area contributed by atoms with Gasteiger partial charge in [0.05, 0.1) is 0 Å². The summed E-state index contributed by atoms with van der Waals surface area (Å²) in [4.78, 5) is 0. The Bertz CT molecular complexity index is 174. The van der Waals surface area contributed by atoms with Crippen molar-refractivity contribution in [3.05, 3.63) is 0 Å². The quantitative estimate of drug-likeness (QED) is 0.516. The first kappa shape index (κ1) is 12.0. The Hall–Kier alpha value is 1.01. The van der Waals surface area contributed by atoms with Gasteiger partial charge in [-0.25, -0.2) is 0 Å². The van der Waals surface area contributed by atoms with E-state index in [1.165, 1.54) is 0 Å². The molecule has 0 aromatic rings. The molecule has 0 rings (SSSR count). The van der Waals surface area contributed by atoms with E-state index in [1.54, 1.807) is 0 Å². The van der Waals surface area contributed by atoms with E-state index in [9.17, 15) is 25.8 Å². The Labute approximate surface area is 68.3 Å². The van der Waals surface area contributed by atoms with Crippen LogP contribution in [0.1, 0.15) is 0 Å². The standard InChI is InChI=1S/CF6P2S2/c2-1(3,4)9(7,10)11-8(5)6. The summed E-state index contributed by atoms with van der Waals surface area (Å²) in [5.41, 5.74) is -5.40. The average Bonchev–Trinajstić information content (AvgIpc) is 1.56. The molecule has 0 nitrogen and oxygen atoms in total. The molecule has 0 spiro atoms. The highest BCUT2D eigenvalue weighted by Gasteiger charge is 2.50. The number of alkyl halides is 3. The van der Waals surface area contributed by atoms with Gasteiger partial charge in [0.15, 0.2) is 0 Å². The third-order valence-electron chi connectivity index (χ3n) is 0.470. The van der Waals surface area contributed by atoms with Crippen LogP contribution < -0.4 is 0 Å². The Morgan fingerprint density at radius 1 is 1.27 bits per heavy atom. The molecule has 0 saturated heterocycles. The third-order valence-corrected chi connectivity index (χ3v) is 8.45. The molecule has 0 saturated carbocycles. The zero-order chi connectivity index (χ0) is 9.28. The molecular weight excluding hydrogens is 252 g/mol. The van der Waals surface area contributed by atoms with Gasteiger partial charge in [-0.3, -0.25) is 0 Å². The van der Waals surface area contributed by atoms with Crippen LogP contribution in [0.3, 0.4) is 0 Å². The number of rotatable bonds is 2. The summed E-state index contributed by atoms with van der Waals surface area (Å²) in [6, 6.07) is 0. The SMILES string of the molecule is FP(F)SP(F)(=S)C(F)(F)F. The molecule has 1 unspecified atom stereocenters. The van der Waals surface area contributed by atoms with Gasteiger partial charge in [0, 0.05) is 11.0 Å². The van der Waals surface area contributed by atoms with Crippen LogP contribution in [0.5, 0.6) is 0 Å². The molecule has 0 bridgehead atoms. The van der Waals surface area contributed by atoms with E-state index in [4.69, 9.17) is 0 Å². The van der Waals surface area contributed by atoms with Gasteiger partial charge < -0.3 is 0 Å². The molecule has 0 fully saturated rings. The molecule has 0 aromatic carbocycles. The first-order valence-electron chi connectivity index (χ1n) is 1.85. The largest absolute Gasteiger partial charge is 0.453 e. The number of hydrogen-bond donors (Lipinski definition) is 0. The van der Waals surface area contributed by atoms with Gasteiger partial charge in [0.1, 0.15) is 0 Å². The second-order valence-electron chi connectivity index (χ2n) is 1.23. The van der Waals surface area contributed by atoms with E-state index in [0.29, 0.717) is 0 Å². The van der Waals surface area contributed by atoms with Crippen LogP contribution in [-0.4, -0.2) is 5.92 Å². The number of halogens is 6. The maximum absolute atomic E-state index is 12.1. The van der Waals surface area contributed by atoms with E-state index < -0.39 is 30.2 Å². The zero-order valence-corrected chi connectivity index (χ0v) is 7.90. The molecule has 0 aliphatic heterocycles. The van der Waals surface area contributed by atoms with Crippen LogP contribution in [0.15, 0.2) is 0 Å². The van der Waals surface area contributed by atoms with Gasteiger partial charge in [-0.1, -0.05) is 0 Å². The second kappa shape index (κ2) is 3.81. The summed E-state index contributed by atoms with van der Waals surface area (Å²) < 4.78 is 69.0. The lowest BCUT2D eigenvalue weighted by atomic mass is 11.6. The fourth-order valence-corrected chi connectivity index (χ4v) is 4.75. The Kier molecular flexibility index (Phi) is 4.16. The Morgan fingerprint density at radius 2 is 1.64 bits per heavy atom. The maximum Gasteiger partial charge on any atom is 0.453 e. The van der Waals surface area contributed by atoms with Crippen molar-refractivity contribution < 1.29 is 25.8 Å². The summed E-state index contributed by atoms with van der Waals surface area (Å²) in [5, 5.41) is 0. The molecule has 1 atom stereocenters. The van der Waals surface area contributed by atoms with Crippen molar-refractivity contribution in [2.75, 3.05) is 0 Å². The van der Waals surface area contributed by atoms with E-state index >= 15 is 0 Å². The van der Waals surface area contributed by atoms with Crippen molar-refractivity contribution in [1.82, 2.24) is 0 Å². The minimum Gasteiger partial charge on any atom is -0.196 e. The lowest BCUT2D eigenvalue weighted by Crippen LogP contribution is -2.01. The van der Waals surface area contributed by atoms with Gasteiger partial charge in [-0.15, -0.1) is 0 Å². The second-order valence-corrected chi connectivity index (χ2v) is 9.76. The average molecular weight is 252 g/mol. The van der Waals surface area contributed by atoms with Crippen LogP contribution >= 0.6 is 24.3 Å². The van der Waals surface area contributed by atoms with E-state index in [2.05, 4.69) is 11.8 Å². The molecule has 0 aliphatic rings. The Balaban J connectivity index is 4.36. The van der Waals surface area contributed by atoms with Crippen LogP contribution in [0, 0.1) is 0 Å². The summed E-state index contributed by atoms with van der Waals surface area (Å²) in [6.07, 6.45) is 0. The zero-order valence-electron chi connectivity index (χ0n) is 4.48. The first-order chi connectivity index (χ1) is 4.67. The summed E-state index contributed by atoms with van der Waals surface area (Å²) in [7, 11) is -3.99. The predicted molar refractivity (Wildman–Crippen MR) is 38.2 cm³/mol. The molecular formula is CF6P2S2. The summed E-state index contributed by atoms with van der Waals surface area (Å²) in [6.45, 7) is 0. The van der Waals surface area contributed by atoms with E-state index in [0.717, 1.165) is 0 Å². The van der Waals surface area contributed by atoms with Gasteiger partial charge >= 0.3 is 13.7 Å². The van der Waals surface area contributed by atoms with Crippen molar-refractivity contribution in [1.29, 1.82) is 0 Å². The number of hydrogen-bond acceptors (Lipinski definition) is 2. The first-order valence-corrected chi connectivity index (χ1v) is 7.69. The van der Waals surface area contributed by atoms with Crippen molar-refractivity contribution in [2.24, 2.45) is 0 Å². The van der Waals surface area contributed by atoms with E-state index in [-0.39, 0.29) is 0 Å². The molecule has 0 radical (unpaired) electrons. The Morgan fingerprint density at radius 3 is 1.73 bits per heavy atom. The molecule has 10 heteroatoms. The fourth-order valence-electron chi connectivity index (χ4n) is 0.126. The van der Waals surface area contributed by atoms with Crippen LogP contribution in [-0.2, 0) is 11.8 Å². The highest BCUT2D eigenvalue weighted by molar-refractivity contribution is 8.91. The van der Waals surface area contributed by atoms with Gasteiger partial charge in [0.25, 0.3) is 5.55 Å². The van der Waals surface area contributed by atoms with Crippen LogP contribution in [0.25, 0.3) is 0 Å². The lowest BCUT2D eigenvalue weighted by molar-refractivity contribution is -0.0422. The van der Waals surface area contributed by atoms with Gasteiger partial charge in [-0.05, 0) is 11.8 Å². The topological polar surface area (TPSA) is 0 Å². The van der Waals surface area contributed by atoms with Gasteiger partial charge in [-0.2, -0.15) is 25.8 Å². The monoisotopic (exact) mass is 252 g/mol. The summed E-state index contributed by atoms with van der Waals surface area (Å²) >= 11 is 2.30. The third kappa shape index (κ3) is 3.97. The van der Waals surface area contributed by atoms with Crippen molar-refractivity contribution in [2.45, 2.75) is 5.92 Å². The molecule has 0 heterocycles. The maximum atomic E-state index is 12.1. The van der Waals surface area contributed by atoms with Crippen molar-refractivity contribution in [3.63, 3.8) is 0 Å². The van der Waals surface area contributed by atoms with Crippen molar-refractivity contribution >= 4 is 36.1 Å². The molecule has 11 heavy (non-hydrogen) atoms. The summed E-state index contributed by atoms with van der Waals surface area (Å²) in [5.74, 6) is -5.31. The molecule has 68 valence electrons. The lowest BCUT2D eigenvalue weighted by Gasteiger charge is -2.12. The molecule has 0 N–H and O–H groups in total. The minimum atomic E-state index is -5.40. The predicted octanol–water partition coefficient (Wildman–Crippen LogP) is 4.68.